The summed E-state index contributed by atoms with van der Waals surface area (Å²) in [4.78, 5) is 18.8. The lowest BCUT2D eigenvalue weighted by Crippen LogP contribution is -2.07. The predicted octanol–water partition coefficient (Wildman–Crippen LogP) is 5.51. The Kier molecular flexibility index (Phi) is 5.35. The molecule has 0 aliphatic rings. The fourth-order valence-electron chi connectivity index (χ4n) is 2.70. The molecule has 0 saturated carbocycles. The second-order valence-corrected chi connectivity index (χ2v) is 6.32. The van der Waals surface area contributed by atoms with E-state index in [9.17, 15) is 23.3 Å². The normalized spacial score (nSPS) is 11.2. The largest absolute Gasteiger partial charge is 0.416 e. The molecule has 0 aliphatic carbocycles. The van der Waals surface area contributed by atoms with Gasteiger partial charge in [0.2, 0.25) is 11.6 Å². The summed E-state index contributed by atoms with van der Waals surface area (Å²) in [6.07, 6.45) is -3.34. The Morgan fingerprint density at radius 2 is 1.59 bits per heavy atom. The fraction of sp³-hybridized carbons (Fsp3) is 0.158. The molecule has 3 rings (SSSR count). The Bertz CT molecular complexity index is 1050. The van der Waals surface area contributed by atoms with Gasteiger partial charge in [0.15, 0.2) is 0 Å². The predicted molar refractivity (Wildman–Crippen MR) is 103 cm³/mol. The molecule has 2 aromatic carbocycles. The maximum absolute atomic E-state index is 12.7. The van der Waals surface area contributed by atoms with E-state index in [-0.39, 0.29) is 17.3 Å². The first-order chi connectivity index (χ1) is 13.6. The van der Waals surface area contributed by atoms with Gasteiger partial charge in [0.05, 0.1) is 10.5 Å². The molecule has 7 nitrogen and oxygen atoms in total. The minimum atomic E-state index is -4.47. The Balaban J connectivity index is 1.93. The Morgan fingerprint density at radius 1 is 0.966 bits per heavy atom. The summed E-state index contributed by atoms with van der Waals surface area (Å²) >= 11 is 0. The van der Waals surface area contributed by atoms with Gasteiger partial charge in [-0.2, -0.15) is 13.2 Å². The highest BCUT2D eigenvalue weighted by Crippen LogP contribution is 2.35. The van der Waals surface area contributed by atoms with Crippen LogP contribution in [0.15, 0.2) is 48.8 Å². The van der Waals surface area contributed by atoms with Crippen molar-refractivity contribution in [1.29, 1.82) is 0 Å². The SMILES string of the molecule is Cc1ccc(Nc2ncnc(Nc3ccc(C(F)(F)F)cc3)c2[N+](=O)[O-])c(C)c1. The molecule has 2 N–H and O–H groups in total. The first kappa shape index (κ1) is 20.1. The number of nitrogens with zero attached hydrogens (tertiary/aromatic N) is 3. The van der Waals surface area contributed by atoms with Gasteiger partial charge in [0, 0.05) is 11.4 Å². The zero-order chi connectivity index (χ0) is 21.2. The average Bonchev–Trinajstić information content (AvgIpc) is 2.63. The van der Waals surface area contributed by atoms with Gasteiger partial charge >= 0.3 is 11.9 Å². The summed E-state index contributed by atoms with van der Waals surface area (Å²) in [5, 5.41) is 17.2. The van der Waals surface area contributed by atoms with Crippen molar-refractivity contribution < 1.29 is 18.1 Å². The molecule has 0 aliphatic heterocycles. The van der Waals surface area contributed by atoms with Crippen LogP contribution < -0.4 is 10.6 Å². The standard InChI is InChI=1S/C19H16F3N5O2/c1-11-3-8-15(12(2)9-11)26-18-16(27(28)29)17(23-10-24-18)25-14-6-4-13(5-7-14)19(20,21)22/h3-10H,1-2H3,(H2,23,24,25,26). The van der Waals surface area contributed by atoms with Crippen LogP contribution in [0.1, 0.15) is 16.7 Å². The third-order valence-corrected chi connectivity index (χ3v) is 4.11. The van der Waals surface area contributed by atoms with Crippen LogP contribution in [-0.4, -0.2) is 14.9 Å². The summed E-state index contributed by atoms with van der Waals surface area (Å²) < 4.78 is 38.1. The number of nitrogens with one attached hydrogen (secondary N) is 2. The highest BCUT2D eigenvalue weighted by molar-refractivity contribution is 5.77. The second kappa shape index (κ2) is 7.74. The lowest BCUT2D eigenvalue weighted by atomic mass is 10.1. The molecule has 0 atom stereocenters. The van der Waals surface area contributed by atoms with E-state index in [0.29, 0.717) is 5.69 Å². The van der Waals surface area contributed by atoms with E-state index in [4.69, 9.17) is 0 Å². The number of aryl methyl sites for hydroxylation is 2. The molecule has 1 heterocycles. The van der Waals surface area contributed by atoms with Crippen LogP contribution in [0.3, 0.4) is 0 Å². The highest BCUT2D eigenvalue weighted by Gasteiger charge is 2.30. The number of hydrogen-bond donors (Lipinski definition) is 2. The van der Waals surface area contributed by atoms with Crippen molar-refractivity contribution in [2.45, 2.75) is 20.0 Å². The Morgan fingerprint density at radius 3 is 2.14 bits per heavy atom. The van der Waals surface area contributed by atoms with Crippen LogP contribution in [0, 0.1) is 24.0 Å². The molecule has 0 spiro atoms. The second-order valence-electron chi connectivity index (χ2n) is 6.32. The van der Waals surface area contributed by atoms with Gasteiger partial charge in [-0.25, -0.2) is 9.97 Å². The Labute approximate surface area is 163 Å². The van der Waals surface area contributed by atoms with Crippen LogP contribution in [0.2, 0.25) is 0 Å². The molecule has 10 heteroatoms. The molecule has 3 aromatic rings. The molecule has 29 heavy (non-hydrogen) atoms. The molecule has 0 unspecified atom stereocenters. The maximum atomic E-state index is 12.7. The van der Waals surface area contributed by atoms with Gasteiger partial charge in [0.25, 0.3) is 0 Å². The monoisotopic (exact) mass is 403 g/mol. The summed E-state index contributed by atoms with van der Waals surface area (Å²) in [5.41, 5.74) is 1.52. The van der Waals surface area contributed by atoms with Gasteiger partial charge in [-0.1, -0.05) is 17.7 Å². The molecule has 0 fully saturated rings. The lowest BCUT2D eigenvalue weighted by Gasteiger charge is -2.12. The van der Waals surface area contributed by atoms with Crippen molar-refractivity contribution in [3.63, 3.8) is 0 Å². The third-order valence-electron chi connectivity index (χ3n) is 4.11. The van der Waals surface area contributed by atoms with Gasteiger partial charge in [-0.3, -0.25) is 10.1 Å². The van der Waals surface area contributed by atoms with Crippen molar-refractivity contribution in [3.05, 3.63) is 75.6 Å². The topological polar surface area (TPSA) is 93.0 Å². The summed E-state index contributed by atoms with van der Waals surface area (Å²) in [5.74, 6) is -0.177. The van der Waals surface area contributed by atoms with Crippen LogP contribution >= 0.6 is 0 Å². The van der Waals surface area contributed by atoms with Crippen LogP contribution in [0.5, 0.6) is 0 Å². The van der Waals surface area contributed by atoms with Crippen LogP contribution in [0.4, 0.5) is 41.9 Å². The zero-order valence-corrected chi connectivity index (χ0v) is 15.4. The molecule has 0 bridgehead atoms. The lowest BCUT2D eigenvalue weighted by molar-refractivity contribution is -0.383. The van der Waals surface area contributed by atoms with E-state index >= 15 is 0 Å². The van der Waals surface area contributed by atoms with Crippen molar-refractivity contribution >= 4 is 28.7 Å². The molecular formula is C19H16F3N5O2. The minimum Gasteiger partial charge on any atom is -0.334 e. The number of hydrogen-bond acceptors (Lipinski definition) is 6. The van der Waals surface area contributed by atoms with Crippen LogP contribution in [0.25, 0.3) is 0 Å². The molecule has 150 valence electrons. The quantitative estimate of drug-likeness (QED) is 0.431. The number of benzene rings is 2. The number of aromatic nitrogens is 2. The molecule has 0 saturated heterocycles. The minimum absolute atomic E-state index is 0.0358. The number of anilines is 4. The van der Waals surface area contributed by atoms with Gasteiger partial charge in [0.1, 0.15) is 6.33 Å². The van der Waals surface area contributed by atoms with E-state index in [0.717, 1.165) is 29.6 Å². The fourth-order valence-corrected chi connectivity index (χ4v) is 2.70. The average molecular weight is 403 g/mol. The highest BCUT2D eigenvalue weighted by atomic mass is 19.4. The summed E-state index contributed by atoms with van der Waals surface area (Å²) in [6.45, 7) is 3.78. The summed E-state index contributed by atoms with van der Waals surface area (Å²) in [6, 6.07) is 9.64. The van der Waals surface area contributed by atoms with Gasteiger partial charge in [-0.15, -0.1) is 0 Å². The maximum Gasteiger partial charge on any atom is 0.416 e. The van der Waals surface area contributed by atoms with E-state index in [2.05, 4.69) is 20.6 Å². The number of rotatable bonds is 5. The summed E-state index contributed by atoms with van der Waals surface area (Å²) in [7, 11) is 0. The molecule has 0 radical (unpaired) electrons. The number of halogens is 3. The third kappa shape index (κ3) is 4.60. The van der Waals surface area contributed by atoms with Crippen molar-refractivity contribution in [2.75, 3.05) is 10.6 Å². The number of nitro groups is 1. The van der Waals surface area contributed by atoms with E-state index in [1.54, 1.807) is 6.07 Å². The van der Waals surface area contributed by atoms with E-state index < -0.39 is 22.4 Å². The van der Waals surface area contributed by atoms with Gasteiger partial charge < -0.3 is 10.6 Å². The molecule has 0 amide bonds. The van der Waals surface area contributed by atoms with Crippen LogP contribution in [-0.2, 0) is 6.18 Å². The van der Waals surface area contributed by atoms with Crippen molar-refractivity contribution in [1.82, 2.24) is 9.97 Å². The Hall–Kier alpha value is -3.69. The molecule has 1 aromatic heterocycles. The van der Waals surface area contributed by atoms with Crippen molar-refractivity contribution in [2.24, 2.45) is 0 Å². The first-order valence-electron chi connectivity index (χ1n) is 8.43. The number of alkyl halides is 3. The smallest absolute Gasteiger partial charge is 0.334 e. The van der Waals surface area contributed by atoms with E-state index in [1.807, 2.05) is 26.0 Å². The first-order valence-corrected chi connectivity index (χ1v) is 8.43. The van der Waals surface area contributed by atoms with E-state index in [1.165, 1.54) is 12.1 Å². The zero-order valence-electron chi connectivity index (χ0n) is 15.4. The van der Waals surface area contributed by atoms with Crippen molar-refractivity contribution in [3.8, 4) is 0 Å². The molecular weight excluding hydrogens is 387 g/mol. The van der Waals surface area contributed by atoms with Gasteiger partial charge in [-0.05, 0) is 49.7 Å².